The number of rotatable bonds is 5. The highest BCUT2D eigenvalue weighted by Crippen LogP contribution is 2.29. The summed E-state index contributed by atoms with van der Waals surface area (Å²) in [5, 5.41) is 1.07. The fourth-order valence-electron chi connectivity index (χ4n) is 4.01. The number of benzene rings is 1. The standard InChI is InChI=1S/C24H20F2N4O2/c25-18-4-1-5-19(26)23(18)20-14-28-21(32-20)6-7-22(31)30-11-8-15(9-12-30)17-13-29-24-16(17)3-2-10-27-24/h1-5,8,10,13-14H,6-7,9,11-12H2,(H,27,29). The van der Waals surface area contributed by atoms with Gasteiger partial charge in [0.1, 0.15) is 17.3 Å². The molecule has 0 aliphatic carbocycles. The van der Waals surface area contributed by atoms with Crippen molar-refractivity contribution in [1.82, 2.24) is 19.9 Å². The van der Waals surface area contributed by atoms with Crippen LogP contribution in [0.3, 0.4) is 0 Å². The number of aromatic amines is 1. The molecular formula is C24H20F2N4O2. The third kappa shape index (κ3) is 3.79. The number of aryl methyl sites for hydroxylation is 1. The number of amides is 1. The number of nitrogens with zero attached hydrogens (tertiary/aromatic N) is 3. The molecule has 1 aliphatic heterocycles. The van der Waals surface area contributed by atoms with Gasteiger partial charge in [-0.15, -0.1) is 0 Å². The number of hydrogen-bond donors (Lipinski definition) is 1. The lowest BCUT2D eigenvalue weighted by molar-refractivity contribution is -0.130. The summed E-state index contributed by atoms with van der Waals surface area (Å²) in [7, 11) is 0. The van der Waals surface area contributed by atoms with Gasteiger partial charge in [0, 0.05) is 49.3 Å². The Morgan fingerprint density at radius 3 is 2.78 bits per heavy atom. The third-order valence-corrected chi connectivity index (χ3v) is 5.67. The number of fused-ring (bicyclic) bond motifs is 1. The Bertz CT molecular complexity index is 1300. The Balaban J connectivity index is 1.21. The lowest BCUT2D eigenvalue weighted by Crippen LogP contribution is -2.34. The lowest BCUT2D eigenvalue weighted by Gasteiger charge is -2.26. The van der Waals surface area contributed by atoms with E-state index in [9.17, 15) is 13.6 Å². The Kier molecular flexibility index (Phi) is 5.26. The normalized spacial score (nSPS) is 14.1. The summed E-state index contributed by atoms with van der Waals surface area (Å²) in [6.07, 6.45) is 8.29. The van der Waals surface area contributed by atoms with Crippen LogP contribution in [-0.2, 0) is 11.2 Å². The van der Waals surface area contributed by atoms with Crippen LogP contribution in [0.1, 0.15) is 24.3 Å². The number of carbonyl (C=O) groups excluding carboxylic acids is 1. The van der Waals surface area contributed by atoms with E-state index in [4.69, 9.17) is 4.42 Å². The Morgan fingerprint density at radius 2 is 2.00 bits per heavy atom. The van der Waals surface area contributed by atoms with Gasteiger partial charge in [-0.3, -0.25) is 4.79 Å². The Hall–Kier alpha value is -3.81. The number of H-pyrrole nitrogens is 1. The van der Waals surface area contributed by atoms with Crippen molar-refractivity contribution in [2.45, 2.75) is 19.3 Å². The van der Waals surface area contributed by atoms with Crippen LogP contribution in [0.2, 0.25) is 0 Å². The van der Waals surface area contributed by atoms with Gasteiger partial charge in [0.2, 0.25) is 5.91 Å². The maximum Gasteiger partial charge on any atom is 0.223 e. The number of pyridine rings is 1. The minimum Gasteiger partial charge on any atom is -0.441 e. The smallest absolute Gasteiger partial charge is 0.223 e. The van der Waals surface area contributed by atoms with Crippen molar-refractivity contribution in [1.29, 1.82) is 0 Å². The molecule has 0 saturated heterocycles. The summed E-state index contributed by atoms with van der Waals surface area (Å²) >= 11 is 0. The van der Waals surface area contributed by atoms with E-state index in [1.807, 2.05) is 18.3 Å². The SMILES string of the molecule is O=C(CCc1ncc(-c2c(F)cccc2F)o1)N1CC=C(c2c[nH]c3ncccc23)CC1. The number of halogens is 2. The number of aromatic nitrogens is 3. The summed E-state index contributed by atoms with van der Waals surface area (Å²) in [4.78, 5) is 26.0. The van der Waals surface area contributed by atoms with E-state index in [0.717, 1.165) is 35.2 Å². The molecule has 5 rings (SSSR count). The van der Waals surface area contributed by atoms with Gasteiger partial charge in [0.25, 0.3) is 0 Å². The van der Waals surface area contributed by atoms with Crippen molar-refractivity contribution in [3.63, 3.8) is 0 Å². The van der Waals surface area contributed by atoms with Gasteiger partial charge in [-0.1, -0.05) is 12.1 Å². The van der Waals surface area contributed by atoms with Gasteiger partial charge in [0.05, 0.1) is 11.8 Å². The summed E-state index contributed by atoms with van der Waals surface area (Å²) in [6, 6.07) is 7.56. The van der Waals surface area contributed by atoms with Crippen LogP contribution < -0.4 is 0 Å². The highest BCUT2D eigenvalue weighted by Gasteiger charge is 2.21. The second-order valence-electron chi connectivity index (χ2n) is 7.64. The Morgan fingerprint density at radius 1 is 1.16 bits per heavy atom. The van der Waals surface area contributed by atoms with Crippen LogP contribution in [0.5, 0.6) is 0 Å². The second kappa shape index (κ2) is 8.37. The third-order valence-electron chi connectivity index (χ3n) is 5.67. The van der Waals surface area contributed by atoms with Crippen molar-refractivity contribution in [2.75, 3.05) is 13.1 Å². The molecule has 32 heavy (non-hydrogen) atoms. The molecule has 1 amide bonds. The molecule has 0 unspecified atom stereocenters. The number of hydrogen-bond acceptors (Lipinski definition) is 4. The largest absolute Gasteiger partial charge is 0.441 e. The summed E-state index contributed by atoms with van der Waals surface area (Å²) in [6.45, 7) is 1.15. The predicted octanol–water partition coefficient (Wildman–Crippen LogP) is 4.74. The number of nitrogens with one attached hydrogen (secondary N) is 1. The van der Waals surface area contributed by atoms with E-state index >= 15 is 0 Å². The minimum absolute atomic E-state index is 0.0156. The van der Waals surface area contributed by atoms with Crippen LogP contribution in [-0.4, -0.2) is 38.8 Å². The van der Waals surface area contributed by atoms with Crippen LogP contribution >= 0.6 is 0 Å². The van der Waals surface area contributed by atoms with Crippen molar-refractivity contribution < 1.29 is 18.0 Å². The molecule has 1 N–H and O–H groups in total. The number of oxazole rings is 1. The van der Waals surface area contributed by atoms with Crippen molar-refractivity contribution >= 4 is 22.5 Å². The van der Waals surface area contributed by atoms with Crippen molar-refractivity contribution in [3.8, 4) is 11.3 Å². The maximum atomic E-state index is 13.9. The van der Waals surface area contributed by atoms with Crippen LogP contribution in [0, 0.1) is 11.6 Å². The first-order chi connectivity index (χ1) is 15.6. The molecular weight excluding hydrogens is 414 g/mol. The van der Waals surface area contributed by atoms with E-state index in [1.165, 1.54) is 17.8 Å². The highest BCUT2D eigenvalue weighted by molar-refractivity contribution is 5.91. The van der Waals surface area contributed by atoms with Crippen molar-refractivity contribution in [3.05, 3.63) is 78.1 Å². The molecule has 0 bridgehead atoms. The zero-order valence-electron chi connectivity index (χ0n) is 17.1. The van der Waals surface area contributed by atoms with Gasteiger partial charge in [-0.2, -0.15) is 0 Å². The fraction of sp³-hybridized carbons (Fsp3) is 0.208. The van der Waals surface area contributed by atoms with E-state index in [0.29, 0.717) is 13.1 Å². The van der Waals surface area contributed by atoms with E-state index < -0.39 is 11.6 Å². The molecule has 1 aliphatic rings. The molecule has 1 aromatic carbocycles. The first-order valence-electron chi connectivity index (χ1n) is 10.4. The quantitative estimate of drug-likeness (QED) is 0.492. The fourth-order valence-corrected chi connectivity index (χ4v) is 4.01. The monoisotopic (exact) mass is 434 g/mol. The average Bonchev–Trinajstić information content (AvgIpc) is 3.45. The Labute approximate surface area is 182 Å². The molecule has 6 nitrogen and oxygen atoms in total. The van der Waals surface area contributed by atoms with Gasteiger partial charge in [-0.25, -0.2) is 18.7 Å². The summed E-state index contributed by atoms with van der Waals surface area (Å²) in [5.41, 5.74) is 2.91. The van der Waals surface area contributed by atoms with Crippen LogP contribution in [0.4, 0.5) is 8.78 Å². The van der Waals surface area contributed by atoms with Gasteiger partial charge >= 0.3 is 0 Å². The summed E-state index contributed by atoms with van der Waals surface area (Å²) in [5.74, 6) is -1.16. The molecule has 162 valence electrons. The van der Waals surface area contributed by atoms with Crippen molar-refractivity contribution in [2.24, 2.45) is 0 Å². The zero-order valence-corrected chi connectivity index (χ0v) is 17.1. The van der Waals surface area contributed by atoms with Gasteiger partial charge in [-0.05, 0) is 36.3 Å². The lowest BCUT2D eigenvalue weighted by atomic mass is 9.99. The first-order valence-corrected chi connectivity index (χ1v) is 10.4. The topological polar surface area (TPSA) is 75.0 Å². The molecule has 0 saturated carbocycles. The van der Waals surface area contributed by atoms with Crippen LogP contribution in [0.15, 0.2) is 59.4 Å². The maximum absolute atomic E-state index is 13.9. The minimum atomic E-state index is -0.717. The predicted molar refractivity (Wildman–Crippen MR) is 115 cm³/mol. The van der Waals surface area contributed by atoms with Gasteiger partial charge in [0.15, 0.2) is 11.7 Å². The first kappa shape index (κ1) is 20.1. The molecule has 4 heterocycles. The van der Waals surface area contributed by atoms with Crippen LogP contribution in [0.25, 0.3) is 27.9 Å². The average molecular weight is 434 g/mol. The molecule has 0 fully saturated rings. The molecule has 3 aromatic heterocycles. The summed E-state index contributed by atoms with van der Waals surface area (Å²) < 4.78 is 33.3. The van der Waals surface area contributed by atoms with E-state index in [1.54, 1.807) is 11.1 Å². The highest BCUT2D eigenvalue weighted by atomic mass is 19.1. The van der Waals surface area contributed by atoms with Gasteiger partial charge < -0.3 is 14.3 Å². The number of carbonyl (C=O) groups is 1. The molecule has 0 radical (unpaired) electrons. The molecule has 8 heteroatoms. The molecule has 4 aromatic rings. The molecule has 0 atom stereocenters. The van der Waals surface area contributed by atoms with E-state index in [2.05, 4.69) is 21.0 Å². The molecule has 0 spiro atoms. The zero-order chi connectivity index (χ0) is 22.1. The van der Waals surface area contributed by atoms with E-state index in [-0.39, 0.29) is 36.0 Å². The second-order valence-corrected chi connectivity index (χ2v) is 7.64.